The highest BCUT2D eigenvalue weighted by atomic mass is 16.6. The zero-order valence-electron chi connectivity index (χ0n) is 12.7. The highest BCUT2D eigenvalue weighted by Crippen LogP contribution is 2.24. The second-order valence-corrected chi connectivity index (χ2v) is 4.71. The summed E-state index contributed by atoms with van der Waals surface area (Å²) in [6, 6.07) is 2.86. The lowest BCUT2D eigenvalue weighted by Crippen LogP contribution is -2.33. The van der Waals surface area contributed by atoms with Crippen molar-refractivity contribution in [1.82, 2.24) is 10.9 Å². The SMILES string of the molecule is CCCCCC=CNNC(=O)c1ccc([N+](=O)[O-])cc1[N+](=O)[O-]. The molecule has 0 unspecified atom stereocenters. The fourth-order valence-electron chi connectivity index (χ4n) is 1.81. The topological polar surface area (TPSA) is 127 Å². The number of nitro benzene ring substituents is 2. The zero-order chi connectivity index (χ0) is 17.2. The van der Waals surface area contributed by atoms with Crippen molar-refractivity contribution in [2.75, 3.05) is 0 Å². The van der Waals surface area contributed by atoms with Gasteiger partial charge in [-0.25, -0.2) is 0 Å². The predicted molar refractivity (Wildman–Crippen MR) is 83.6 cm³/mol. The van der Waals surface area contributed by atoms with Crippen LogP contribution in [0.3, 0.4) is 0 Å². The van der Waals surface area contributed by atoms with Gasteiger partial charge in [0, 0.05) is 12.3 Å². The van der Waals surface area contributed by atoms with Crippen molar-refractivity contribution in [3.8, 4) is 0 Å². The molecule has 124 valence electrons. The van der Waals surface area contributed by atoms with Crippen LogP contribution in [0.4, 0.5) is 11.4 Å². The van der Waals surface area contributed by atoms with E-state index in [1.165, 1.54) is 6.20 Å². The van der Waals surface area contributed by atoms with Gasteiger partial charge in [-0.05, 0) is 18.9 Å². The van der Waals surface area contributed by atoms with Crippen LogP contribution in [0.15, 0.2) is 30.5 Å². The van der Waals surface area contributed by atoms with Crippen LogP contribution < -0.4 is 10.9 Å². The number of hydrogen-bond acceptors (Lipinski definition) is 6. The fraction of sp³-hybridized carbons (Fsp3) is 0.357. The second kappa shape index (κ2) is 9.13. The number of nitrogens with zero attached hydrogens (tertiary/aromatic N) is 2. The molecule has 0 spiro atoms. The van der Waals surface area contributed by atoms with E-state index in [2.05, 4.69) is 17.8 Å². The van der Waals surface area contributed by atoms with Crippen molar-refractivity contribution in [3.63, 3.8) is 0 Å². The maximum absolute atomic E-state index is 11.9. The van der Waals surface area contributed by atoms with E-state index in [9.17, 15) is 25.0 Å². The van der Waals surface area contributed by atoms with E-state index in [-0.39, 0.29) is 5.56 Å². The van der Waals surface area contributed by atoms with E-state index >= 15 is 0 Å². The van der Waals surface area contributed by atoms with Gasteiger partial charge in [0.25, 0.3) is 17.3 Å². The lowest BCUT2D eigenvalue weighted by atomic mass is 10.1. The molecule has 0 saturated heterocycles. The molecule has 1 aromatic rings. The summed E-state index contributed by atoms with van der Waals surface area (Å²) in [5, 5.41) is 21.6. The van der Waals surface area contributed by atoms with Gasteiger partial charge >= 0.3 is 0 Å². The van der Waals surface area contributed by atoms with Gasteiger partial charge in [0.15, 0.2) is 0 Å². The largest absolute Gasteiger partial charge is 0.306 e. The van der Waals surface area contributed by atoms with Crippen LogP contribution in [0.5, 0.6) is 0 Å². The molecule has 9 heteroatoms. The summed E-state index contributed by atoms with van der Waals surface area (Å²) in [6.07, 6.45) is 7.49. The van der Waals surface area contributed by atoms with Gasteiger partial charge in [0.05, 0.1) is 15.9 Å². The van der Waals surface area contributed by atoms with E-state index in [0.717, 1.165) is 43.9 Å². The Hall–Kier alpha value is -2.97. The van der Waals surface area contributed by atoms with Gasteiger partial charge in [-0.15, -0.1) is 0 Å². The molecule has 0 fully saturated rings. The minimum absolute atomic E-state index is 0.257. The molecule has 0 heterocycles. The van der Waals surface area contributed by atoms with Gasteiger partial charge in [0.1, 0.15) is 5.56 Å². The number of unbranched alkanes of at least 4 members (excludes halogenated alkanes) is 3. The van der Waals surface area contributed by atoms with Crippen LogP contribution in [0.1, 0.15) is 43.0 Å². The Morgan fingerprint density at radius 1 is 1.22 bits per heavy atom. The van der Waals surface area contributed by atoms with Crippen LogP contribution >= 0.6 is 0 Å². The third-order valence-corrected chi connectivity index (χ3v) is 2.99. The maximum atomic E-state index is 11.9. The summed E-state index contributed by atoms with van der Waals surface area (Å²) >= 11 is 0. The van der Waals surface area contributed by atoms with Crippen LogP contribution in [0, 0.1) is 20.2 Å². The lowest BCUT2D eigenvalue weighted by Gasteiger charge is -2.05. The van der Waals surface area contributed by atoms with Crippen LogP contribution in [0.2, 0.25) is 0 Å². The van der Waals surface area contributed by atoms with Gasteiger partial charge < -0.3 is 5.43 Å². The minimum Gasteiger partial charge on any atom is -0.306 e. The summed E-state index contributed by atoms with van der Waals surface area (Å²) in [6.45, 7) is 2.10. The first-order valence-electron chi connectivity index (χ1n) is 7.11. The predicted octanol–water partition coefficient (Wildman–Crippen LogP) is 2.83. The van der Waals surface area contributed by atoms with Crippen LogP contribution in [0.25, 0.3) is 0 Å². The van der Waals surface area contributed by atoms with E-state index in [4.69, 9.17) is 0 Å². The first-order chi connectivity index (χ1) is 11.0. The van der Waals surface area contributed by atoms with E-state index in [1.54, 1.807) is 0 Å². The van der Waals surface area contributed by atoms with Gasteiger partial charge in [-0.2, -0.15) is 0 Å². The Kier molecular flexibility index (Phi) is 7.18. The number of nitrogens with one attached hydrogen (secondary N) is 2. The Labute approximate surface area is 132 Å². The molecule has 0 aromatic heterocycles. The molecule has 1 amide bonds. The number of hydrogen-bond donors (Lipinski definition) is 2. The van der Waals surface area contributed by atoms with Crippen molar-refractivity contribution in [2.24, 2.45) is 0 Å². The van der Waals surface area contributed by atoms with Crippen molar-refractivity contribution >= 4 is 17.3 Å². The number of benzene rings is 1. The monoisotopic (exact) mass is 322 g/mol. The first kappa shape index (κ1) is 18.1. The number of amides is 1. The highest BCUT2D eigenvalue weighted by molar-refractivity contribution is 5.98. The molecule has 0 radical (unpaired) electrons. The van der Waals surface area contributed by atoms with Crippen molar-refractivity contribution in [1.29, 1.82) is 0 Å². The van der Waals surface area contributed by atoms with Crippen LogP contribution in [-0.2, 0) is 0 Å². The molecule has 0 saturated carbocycles. The molecule has 0 aliphatic carbocycles. The Balaban J connectivity index is 2.69. The number of carbonyl (C=O) groups excluding carboxylic acids is 1. The van der Waals surface area contributed by atoms with Gasteiger partial charge in [0.2, 0.25) is 0 Å². The number of allylic oxidation sites excluding steroid dienone is 1. The molecular formula is C14H18N4O5. The fourth-order valence-corrected chi connectivity index (χ4v) is 1.81. The van der Waals surface area contributed by atoms with Crippen molar-refractivity contribution in [2.45, 2.75) is 32.6 Å². The lowest BCUT2D eigenvalue weighted by molar-refractivity contribution is -0.394. The molecule has 0 atom stereocenters. The molecule has 9 nitrogen and oxygen atoms in total. The number of carbonyl (C=O) groups is 1. The van der Waals surface area contributed by atoms with E-state index in [1.807, 2.05) is 6.08 Å². The summed E-state index contributed by atoms with van der Waals surface area (Å²) < 4.78 is 0. The normalized spacial score (nSPS) is 10.5. The summed E-state index contributed by atoms with van der Waals surface area (Å²) in [4.78, 5) is 31.9. The number of rotatable bonds is 9. The van der Waals surface area contributed by atoms with Crippen molar-refractivity contribution < 1.29 is 14.6 Å². The standard InChI is InChI=1S/C14H18N4O5/c1-2-3-4-5-6-9-15-16-14(19)12-8-7-11(17(20)21)10-13(12)18(22)23/h6-10,15H,2-5H2,1H3,(H,16,19). The van der Waals surface area contributed by atoms with Crippen molar-refractivity contribution in [3.05, 3.63) is 56.3 Å². The molecule has 0 aliphatic heterocycles. The third kappa shape index (κ3) is 5.73. The Bertz CT molecular complexity index is 615. The summed E-state index contributed by atoms with van der Waals surface area (Å²) in [5.74, 6) is -0.746. The number of hydrazine groups is 1. The summed E-state index contributed by atoms with van der Waals surface area (Å²) in [7, 11) is 0. The first-order valence-corrected chi connectivity index (χ1v) is 7.11. The zero-order valence-corrected chi connectivity index (χ0v) is 12.7. The van der Waals surface area contributed by atoms with E-state index in [0.29, 0.717) is 0 Å². The number of non-ortho nitro benzene ring substituents is 1. The van der Waals surface area contributed by atoms with Crippen LogP contribution in [-0.4, -0.2) is 15.8 Å². The third-order valence-electron chi connectivity index (χ3n) is 2.99. The van der Waals surface area contributed by atoms with Gasteiger partial charge in [-0.1, -0.05) is 25.8 Å². The minimum atomic E-state index is -0.831. The average Bonchev–Trinajstić information content (AvgIpc) is 2.53. The molecule has 23 heavy (non-hydrogen) atoms. The molecule has 1 rings (SSSR count). The smallest absolute Gasteiger partial charge is 0.289 e. The van der Waals surface area contributed by atoms with Gasteiger partial charge in [-0.3, -0.25) is 30.4 Å². The molecule has 1 aromatic carbocycles. The highest BCUT2D eigenvalue weighted by Gasteiger charge is 2.23. The molecule has 0 bridgehead atoms. The molecule has 0 aliphatic rings. The molecule has 2 N–H and O–H groups in total. The summed E-state index contributed by atoms with van der Waals surface area (Å²) in [5.41, 5.74) is 3.49. The quantitative estimate of drug-likeness (QED) is 0.409. The maximum Gasteiger partial charge on any atom is 0.289 e. The molecular weight excluding hydrogens is 304 g/mol. The van der Waals surface area contributed by atoms with E-state index < -0.39 is 27.1 Å². The Morgan fingerprint density at radius 2 is 1.96 bits per heavy atom. The number of nitro groups is 2. The second-order valence-electron chi connectivity index (χ2n) is 4.71. The Morgan fingerprint density at radius 3 is 2.57 bits per heavy atom. The average molecular weight is 322 g/mol.